The summed E-state index contributed by atoms with van der Waals surface area (Å²) in [5, 5.41) is 8.76. The number of rotatable bonds is 11. The van der Waals surface area contributed by atoms with E-state index in [-0.39, 0.29) is 0 Å². The first-order valence-electron chi connectivity index (χ1n) is 7.58. The van der Waals surface area contributed by atoms with E-state index < -0.39 is 10.4 Å². The Morgan fingerprint density at radius 1 is 0.900 bits per heavy atom. The van der Waals surface area contributed by atoms with Crippen molar-refractivity contribution in [3.8, 4) is 0 Å². The Labute approximate surface area is 124 Å². The lowest BCUT2D eigenvalue weighted by Gasteiger charge is -2.08. The van der Waals surface area contributed by atoms with Crippen molar-refractivity contribution in [2.45, 2.75) is 78.1 Å². The van der Waals surface area contributed by atoms with Gasteiger partial charge in [0.25, 0.3) is 0 Å². The van der Waals surface area contributed by atoms with E-state index >= 15 is 0 Å². The summed E-state index contributed by atoms with van der Waals surface area (Å²) in [4.78, 5) is 0. The Bertz CT molecular complexity index is 269. The third-order valence-corrected chi connectivity index (χ3v) is 3.17. The van der Waals surface area contributed by atoms with E-state index in [0.29, 0.717) is 6.61 Å². The molecule has 1 unspecified atom stereocenters. The fraction of sp³-hybridized carbons (Fsp3) is 1.00. The van der Waals surface area contributed by atoms with Gasteiger partial charge in [0.1, 0.15) is 0 Å². The van der Waals surface area contributed by atoms with Crippen LogP contribution in [0.25, 0.3) is 0 Å². The van der Waals surface area contributed by atoms with Crippen LogP contribution < -0.4 is 0 Å². The molecule has 0 spiro atoms. The summed E-state index contributed by atoms with van der Waals surface area (Å²) >= 11 is 0. The molecule has 1 N–H and O–H groups in total. The first-order valence-corrected chi connectivity index (χ1v) is 8.92. The SMILES string of the molecule is CCCCCCCCCCC(C)CCO.O=S(=O)([O-])[O-]. The molecule has 0 bridgehead atoms. The minimum atomic E-state index is -5.17. The zero-order valence-electron chi connectivity index (χ0n) is 12.8. The lowest BCUT2D eigenvalue weighted by Crippen LogP contribution is -1.97. The molecule has 0 amide bonds. The monoisotopic (exact) mass is 310 g/mol. The zero-order valence-corrected chi connectivity index (χ0v) is 13.7. The fourth-order valence-electron chi connectivity index (χ4n) is 1.99. The Balaban J connectivity index is 0. The van der Waals surface area contributed by atoms with Gasteiger partial charge in [0.15, 0.2) is 0 Å². The van der Waals surface area contributed by atoms with E-state index in [1.54, 1.807) is 0 Å². The van der Waals surface area contributed by atoms with E-state index in [9.17, 15) is 0 Å². The molecule has 5 nitrogen and oxygen atoms in total. The van der Waals surface area contributed by atoms with Crippen LogP contribution in [0.1, 0.15) is 78.1 Å². The fourth-order valence-corrected chi connectivity index (χ4v) is 1.99. The molecule has 0 aliphatic heterocycles. The Morgan fingerprint density at radius 2 is 1.30 bits per heavy atom. The maximum absolute atomic E-state index is 8.76. The van der Waals surface area contributed by atoms with E-state index in [1.807, 2.05) is 0 Å². The maximum Gasteiger partial charge on any atom is 0.0433 e. The van der Waals surface area contributed by atoms with E-state index in [2.05, 4.69) is 13.8 Å². The highest BCUT2D eigenvalue weighted by atomic mass is 32.3. The van der Waals surface area contributed by atoms with E-state index in [1.165, 1.54) is 57.8 Å². The van der Waals surface area contributed by atoms with Crippen molar-refractivity contribution in [2.75, 3.05) is 6.61 Å². The predicted molar refractivity (Wildman–Crippen MR) is 78.6 cm³/mol. The minimum absolute atomic E-state index is 0.359. The van der Waals surface area contributed by atoms with Gasteiger partial charge in [-0.05, 0) is 12.3 Å². The predicted octanol–water partition coefficient (Wildman–Crippen LogP) is 3.20. The van der Waals surface area contributed by atoms with Crippen LogP contribution in [0.3, 0.4) is 0 Å². The van der Waals surface area contributed by atoms with Gasteiger partial charge in [-0.1, -0.05) is 71.6 Å². The molecule has 0 aliphatic rings. The lowest BCUT2D eigenvalue weighted by molar-refractivity contribution is 0.256. The van der Waals surface area contributed by atoms with Gasteiger partial charge in [0.2, 0.25) is 0 Å². The highest BCUT2D eigenvalue weighted by molar-refractivity contribution is 7.79. The first-order chi connectivity index (χ1) is 9.31. The van der Waals surface area contributed by atoms with Crippen LogP contribution in [0, 0.1) is 5.92 Å². The van der Waals surface area contributed by atoms with Gasteiger partial charge in [-0.3, -0.25) is 8.42 Å². The summed E-state index contributed by atoms with van der Waals surface area (Å²) in [5.41, 5.74) is 0. The van der Waals surface area contributed by atoms with E-state index in [0.717, 1.165) is 12.3 Å². The van der Waals surface area contributed by atoms with Gasteiger partial charge in [-0.15, -0.1) is 0 Å². The molecule has 0 aromatic carbocycles. The molecule has 0 aromatic heterocycles. The standard InChI is InChI=1S/C14H30O.H2O4S/c1-3-4-5-6-7-8-9-10-11-14(2)12-13-15;1-5(2,3)4/h14-15H,3-13H2,1-2H3;(H2,1,2,3,4)/p-2. The maximum atomic E-state index is 8.76. The summed E-state index contributed by atoms with van der Waals surface area (Å²) in [7, 11) is -5.17. The topological polar surface area (TPSA) is 100 Å². The van der Waals surface area contributed by atoms with Gasteiger partial charge < -0.3 is 14.2 Å². The van der Waals surface area contributed by atoms with Gasteiger partial charge in [0, 0.05) is 17.0 Å². The van der Waals surface area contributed by atoms with Crippen molar-refractivity contribution in [1.82, 2.24) is 0 Å². The normalized spacial score (nSPS) is 12.7. The van der Waals surface area contributed by atoms with E-state index in [4.69, 9.17) is 22.6 Å². The highest BCUT2D eigenvalue weighted by Crippen LogP contribution is 2.14. The van der Waals surface area contributed by atoms with Gasteiger partial charge >= 0.3 is 0 Å². The van der Waals surface area contributed by atoms with Crippen molar-refractivity contribution < 1.29 is 22.6 Å². The van der Waals surface area contributed by atoms with Crippen LogP contribution in [0.4, 0.5) is 0 Å². The molecule has 0 radical (unpaired) electrons. The molecular weight excluding hydrogens is 280 g/mol. The zero-order chi connectivity index (χ0) is 15.9. The number of aliphatic hydroxyl groups is 1. The minimum Gasteiger partial charge on any atom is -0.759 e. The molecule has 0 aliphatic carbocycles. The summed E-state index contributed by atoms with van der Waals surface area (Å²) in [6.45, 7) is 4.87. The smallest absolute Gasteiger partial charge is 0.0433 e. The number of hydrogen-bond acceptors (Lipinski definition) is 5. The van der Waals surface area contributed by atoms with Crippen LogP contribution in [-0.4, -0.2) is 29.2 Å². The van der Waals surface area contributed by atoms with Crippen molar-refractivity contribution in [3.63, 3.8) is 0 Å². The second kappa shape index (κ2) is 15.2. The average Bonchev–Trinajstić information content (AvgIpc) is 2.31. The van der Waals surface area contributed by atoms with Crippen LogP contribution in [0.5, 0.6) is 0 Å². The molecule has 1 atom stereocenters. The van der Waals surface area contributed by atoms with Crippen molar-refractivity contribution >= 4 is 10.4 Å². The molecule has 20 heavy (non-hydrogen) atoms. The number of hydrogen-bond donors (Lipinski definition) is 1. The summed E-state index contributed by atoms with van der Waals surface area (Å²) < 4.78 is 34.1. The number of unbranched alkanes of at least 4 members (excludes halogenated alkanes) is 7. The third kappa shape index (κ3) is 30.7. The second-order valence-corrected chi connectivity index (χ2v) is 6.11. The first kappa shape index (κ1) is 22.1. The molecule has 0 saturated heterocycles. The molecule has 0 fully saturated rings. The van der Waals surface area contributed by atoms with Crippen molar-refractivity contribution in [3.05, 3.63) is 0 Å². The van der Waals surface area contributed by atoms with Gasteiger partial charge in [-0.25, -0.2) is 0 Å². The van der Waals surface area contributed by atoms with Crippen LogP contribution in [0.15, 0.2) is 0 Å². The highest BCUT2D eigenvalue weighted by Gasteiger charge is 2.00. The van der Waals surface area contributed by atoms with Crippen LogP contribution in [0.2, 0.25) is 0 Å². The second-order valence-electron chi connectivity index (χ2n) is 5.29. The number of aliphatic hydroxyl groups excluding tert-OH is 1. The molecule has 6 heteroatoms. The summed E-state index contributed by atoms with van der Waals surface area (Å²) in [5.74, 6) is 0.718. The largest absolute Gasteiger partial charge is 0.759 e. The Morgan fingerprint density at radius 3 is 1.70 bits per heavy atom. The van der Waals surface area contributed by atoms with Crippen LogP contribution >= 0.6 is 0 Å². The Hall–Kier alpha value is -0.170. The molecule has 0 rings (SSSR count). The molecular formula is C14H30O5S-2. The Kier molecular flexibility index (Phi) is 16.8. The molecule has 0 saturated carbocycles. The van der Waals surface area contributed by atoms with Gasteiger partial charge in [0.05, 0.1) is 0 Å². The van der Waals surface area contributed by atoms with Gasteiger partial charge in [-0.2, -0.15) is 0 Å². The van der Waals surface area contributed by atoms with Crippen molar-refractivity contribution in [2.24, 2.45) is 5.92 Å². The van der Waals surface area contributed by atoms with Crippen molar-refractivity contribution in [1.29, 1.82) is 0 Å². The summed E-state index contributed by atoms with van der Waals surface area (Å²) in [6, 6.07) is 0. The molecule has 124 valence electrons. The molecule has 0 heterocycles. The van der Waals surface area contributed by atoms with Crippen LogP contribution in [-0.2, 0) is 10.4 Å². The third-order valence-electron chi connectivity index (χ3n) is 3.17. The summed E-state index contributed by atoms with van der Waals surface area (Å²) in [6.07, 6.45) is 13.5. The lowest BCUT2D eigenvalue weighted by atomic mass is 9.99. The average molecular weight is 310 g/mol. The quantitative estimate of drug-likeness (QED) is 0.359. The molecule has 0 aromatic rings.